The van der Waals surface area contributed by atoms with Crippen LogP contribution in [0.4, 0.5) is 20.3 Å². The predicted octanol–water partition coefficient (Wildman–Crippen LogP) is 2.98. The van der Waals surface area contributed by atoms with E-state index in [0.29, 0.717) is 12.8 Å². The van der Waals surface area contributed by atoms with Crippen LogP contribution >= 0.6 is 0 Å². The van der Waals surface area contributed by atoms with E-state index >= 15 is 0 Å². The number of nitrogens with two attached hydrogens (primary N) is 1. The number of unbranched alkanes of at least 4 members (excludes halogenated alkanes) is 1. The zero-order chi connectivity index (χ0) is 23.0. The van der Waals surface area contributed by atoms with Gasteiger partial charge in [-0.1, -0.05) is 38.5 Å². The molecule has 0 aliphatic heterocycles. The summed E-state index contributed by atoms with van der Waals surface area (Å²) in [4.78, 5) is 40.9. The lowest BCUT2D eigenvalue weighted by atomic mass is 10.2. The van der Waals surface area contributed by atoms with Crippen LogP contribution in [0.1, 0.15) is 38.7 Å². The first-order valence-corrected chi connectivity index (χ1v) is 9.96. The number of alkyl halides is 2. The standard InChI is InChI=1S/C21H26F2N4O4/c1-3-5-13-26(17-18(24)27(12-4-2)21(30)25-19(17)29)16(28)11-10-14-8-6-7-9-15(14)31-20(22)23/h6-11,20H,3-5,12-13,24H2,1-2H3,(H,25,29,30)/b11-10+. The number of aromatic nitrogens is 2. The highest BCUT2D eigenvalue weighted by Crippen LogP contribution is 2.23. The molecule has 0 aliphatic rings. The van der Waals surface area contributed by atoms with Gasteiger partial charge in [-0.2, -0.15) is 8.78 Å². The van der Waals surface area contributed by atoms with E-state index in [4.69, 9.17) is 5.73 Å². The van der Waals surface area contributed by atoms with E-state index in [0.717, 1.165) is 12.5 Å². The molecule has 2 rings (SSSR count). The summed E-state index contributed by atoms with van der Waals surface area (Å²) in [5, 5.41) is 0. The molecular formula is C21H26F2N4O4. The summed E-state index contributed by atoms with van der Waals surface area (Å²) in [6, 6.07) is 6.01. The van der Waals surface area contributed by atoms with Crippen molar-refractivity contribution < 1.29 is 18.3 Å². The van der Waals surface area contributed by atoms with Crippen molar-refractivity contribution in [3.8, 4) is 5.75 Å². The number of nitrogens with zero attached hydrogens (tertiary/aromatic N) is 2. The molecule has 0 atom stereocenters. The first kappa shape index (κ1) is 23.8. The molecule has 10 heteroatoms. The Hall–Kier alpha value is -3.43. The van der Waals surface area contributed by atoms with E-state index in [1.54, 1.807) is 6.07 Å². The van der Waals surface area contributed by atoms with Gasteiger partial charge in [0, 0.05) is 24.7 Å². The molecule has 0 spiro atoms. The lowest BCUT2D eigenvalue weighted by molar-refractivity contribution is -0.114. The summed E-state index contributed by atoms with van der Waals surface area (Å²) < 4.78 is 30.9. The molecule has 0 saturated carbocycles. The van der Waals surface area contributed by atoms with E-state index in [9.17, 15) is 23.2 Å². The molecule has 3 N–H and O–H groups in total. The Kier molecular flexibility index (Phi) is 8.53. The van der Waals surface area contributed by atoms with Crippen molar-refractivity contribution in [2.75, 3.05) is 17.2 Å². The molecule has 1 aromatic carbocycles. The lowest BCUT2D eigenvalue weighted by Gasteiger charge is -2.23. The largest absolute Gasteiger partial charge is 0.434 e. The number of hydrogen-bond donors (Lipinski definition) is 2. The average Bonchev–Trinajstić information content (AvgIpc) is 2.72. The summed E-state index contributed by atoms with van der Waals surface area (Å²) in [6.45, 7) is 1.22. The van der Waals surface area contributed by atoms with Gasteiger partial charge in [0.25, 0.3) is 11.5 Å². The Morgan fingerprint density at radius 1 is 1.26 bits per heavy atom. The fourth-order valence-corrected chi connectivity index (χ4v) is 3.00. The Bertz CT molecular complexity index is 1050. The minimum Gasteiger partial charge on any atom is -0.434 e. The molecule has 0 bridgehead atoms. The van der Waals surface area contributed by atoms with Gasteiger partial charge < -0.3 is 15.4 Å². The molecule has 0 fully saturated rings. The van der Waals surface area contributed by atoms with Gasteiger partial charge in [0.2, 0.25) is 0 Å². The highest BCUT2D eigenvalue weighted by atomic mass is 19.3. The fraction of sp³-hybridized carbons (Fsp3) is 0.381. The Balaban J connectivity index is 2.46. The van der Waals surface area contributed by atoms with Crippen LogP contribution in [0.5, 0.6) is 5.75 Å². The van der Waals surface area contributed by atoms with Gasteiger partial charge in [0.1, 0.15) is 11.6 Å². The molecule has 168 valence electrons. The second-order valence-corrected chi connectivity index (χ2v) is 6.74. The van der Waals surface area contributed by atoms with E-state index in [2.05, 4.69) is 9.72 Å². The third-order valence-corrected chi connectivity index (χ3v) is 4.47. The SMILES string of the molecule is CCCCN(C(=O)/C=C/c1ccccc1OC(F)F)c1c(N)n(CCC)c(=O)[nH]c1=O. The van der Waals surface area contributed by atoms with E-state index < -0.39 is 23.8 Å². The summed E-state index contributed by atoms with van der Waals surface area (Å²) >= 11 is 0. The third-order valence-electron chi connectivity index (χ3n) is 4.47. The first-order valence-electron chi connectivity index (χ1n) is 9.96. The molecule has 0 aliphatic carbocycles. The van der Waals surface area contributed by atoms with Crippen LogP contribution in [0.3, 0.4) is 0 Å². The quantitative estimate of drug-likeness (QED) is 0.557. The summed E-state index contributed by atoms with van der Waals surface area (Å²) in [5.41, 5.74) is 4.82. The minimum absolute atomic E-state index is 0.0875. The summed E-state index contributed by atoms with van der Waals surface area (Å²) in [5.74, 6) is -0.774. The number of nitrogen functional groups attached to an aromatic ring is 1. The number of carbonyl (C=O) groups excluding carboxylic acids is 1. The fourth-order valence-electron chi connectivity index (χ4n) is 3.00. The molecule has 0 saturated heterocycles. The number of amides is 1. The Morgan fingerprint density at radius 2 is 1.97 bits per heavy atom. The van der Waals surface area contributed by atoms with Gasteiger partial charge in [-0.05, 0) is 25.0 Å². The summed E-state index contributed by atoms with van der Waals surface area (Å²) in [6.07, 6.45) is 4.39. The number of para-hydroxylation sites is 1. The van der Waals surface area contributed by atoms with E-state index in [-0.39, 0.29) is 35.9 Å². The molecule has 0 unspecified atom stereocenters. The number of halogens is 2. The van der Waals surface area contributed by atoms with Gasteiger partial charge >= 0.3 is 12.3 Å². The van der Waals surface area contributed by atoms with Crippen molar-refractivity contribution in [1.82, 2.24) is 9.55 Å². The molecule has 31 heavy (non-hydrogen) atoms. The predicted molar refractivity (Wildman–Crippen MR) is 115 cm³/mol. The smallest absolute Gasteiger partial charge is 0.387 e. The van der Waals surface area contributed by atoms with Gasteiger partial charge in [0.05, 0.1) is 0 Å². The van der Waals surface area contributed by atoms with Crippen LogP contribution < -0.4 is 26.6 Å². The molecule has 1 heterocycles. The second kappa shape index (κ2) is 11.1. The van der Waals surface area contributed by atoms with E-state index in [1.165, 1.54) is 33.7 Å². The number of rotatable bonds is 10. The number of benzene rings is 1. The molecule has 1 aromatic heterocycles. The van der Waals surface area contributed by atoms with Crippen LogP contribution in [0.25, 0.3) is 6.08 Å². The van der Waals surface area contributed by atoms with Crippen molar-refractivity contribution in [1.29, 1.82) is 0 Å². The Labute approximate surface area is 177 Å². The maximum Gasteiger partial charge on any atom is 0.387 e. The first-order chi connectivity index (χ1) is 14.8. The van der Waals surface area contributed by atoms with Crippen molar-refractivity contribution in [3.05, 3.63) is 56.7 Å². The van der Waals surface area contributed by atoms with Crippen molar-refractivity contribution in [3.63, 3.8) is 0 Å². The van der Waals surface area contributed by atoms with Crippen LogP contribution in [0, 0.1) is 0 Å². The zero-order valence-electron chi connectivity index (χ0n) is 17.4. The molecule has 0 radical (unpaired) electrons. The molecule has 1 amide bonds. The van der Waals surface area contributed by atoms with Crippen LogP contribution in [-0.4, -0.2) is 28.6 Å². The minimum atomic E-state index is -3.01. The Morgan fingerprint density at radius 3 is 2.61 bits per heavy atom. The number of ether oxygens (including phenoxy) is 1. The van der Waals surface area contributed by atoms with E-state index in [1.807, 2.05) is 13.8 Å². The molecule has 8 nitrogen and oxygen atoms in total. The number of H-pyrrole nitrogens is 1. The summed E-state index contributed by atoms with van der Waals surface area (Å²) in [7, 11) is 0. The second-order valence-electron chi connectivity index (χ2n) is 6.74. The third kappa shape index (κ3) is 6.03. The number of nitrogens with one attached hydrogen (secondary N) is 1. The maximum absolute atomic E-state index is 13.0. The number of hydrogen-bond acceptors (Lipinski definition) is 5. The maximum atomic E-state index is 13.0. The monoisotopic (exact) mass is 436 g/mol. The van der Waals surface area contributed by atoms with Gasteiger partial charge in [0.15, 0.2) is 5.69 Å². The number of anilines is 2. The topological polar surface area (TPSA) is 110 Å². The zero-order valence-corrected chi connectivity index (χ0v) is 17.4. The van der Waals surface area contributed by atoms with Gasteiger partial charge in [-0.15, -0.1) is 0 Å². The van der Waals surface area contributed by atoms with Crippen molar-refractivity contribution >= 4 is 23.5 Å². The van der Waals surface area contributed by atoms with Crippen LogP contribution in [0.2, 0.25) is 0 Å². The number of aromatic amines is 1. The highest BCUT2D eigenvalue weighted by molar-refractivity contribution is 6.05. The van der Waals surface area contributed by atoms with Crippen LogP contribution in [-0.2, 0) is 11.3 Å². The van der Waals surface area contributed by atoms with Crippen molar-refractivity contribution in [2.24, 2.45) is 0 Å². The normalized spacial score (nSPS) is 11.3. The molecule has 2 aromatic rings. The highest BCUT2D eigenvalue weighted by Gasteiger charge is 2.22. The van der Waals surface area contributed by atoms with Gasteiger partial charge in [-0.3, -0.25) is 19.1 Å². The van der Waals surface area contributed by atoms with Crippen LogP contribution in [0.15, 0.2) is 39.9 Å². The average molecular weight is 436 g/mol. The lowest BCUT2D eigenvalue weighted by Crippen LogP contribution is -2.41. The number of carbonyl (C=O) groups is 1. The van der Waals surface area contributed by atoms with Crippen molar-refractivity contribution in [2.45, 2.75) is 46.3 Å². The van der Waals surface area contributed by atoms with Gasteiger partial charge in [-0.25, -0.2) is 4.79 Å². The molecular weight excluding hydrogens is 410 g/mol.